The topological polar surface area (TPSA) is 44.2 Å². The van der Waals surface area contributed by atoms with Crippen LogP contribution in [0.15, 0.2) is 6.33 Å². The summed E-state index contributed by atoms with van der Waals surface area (Å²) in [7, 11) is 3.06. The van der Waals surface area contributed by atoms with Gasteiger partial charge in [-0.05, 0) is 6.92 Å². The van der Waals surface area contributed by atoms with E-state index in [1.54, 1.807) is 6.92 Å². The summed E-state index contributed by atoms with van der Waals surface area (Å²) in [6.45, 7) is 1.73. The zero-order valence-corrected chi connectivity index (χ0v) is 7.79. The minimum absolute atomic E-state index is 0.432. The van der Waals surface area contributed by atoms with Crippen molar-refractivity contribution in [2.45, 2.75) is 6.92 Å². The maximum Gasteiger partial charge on any atom is 0.236 e. The van der Waals surface area contributed by atoms with E-state index in [2.05, 4.69) is 21.8 Å². The molecule has 13 heavy (non-hydrogen) atoms. The number of aromatic nitrogens is 2. The standard InChI is InChI=1S/C9H10N2O2/c1-4-5-7-8(12-2)10-6-11-9(7)13-3/h6H,1-3H3. The lowest BCUT2D eigenvalue weighted by Gasteiger charge is -2.04. The molecule has 4 nitrogen and oxygen atoms in total. The molecule has 0 atom stereocenters. The molecule has 0 aromatic carbocycles. The molecule has 1 heterocycles. The molecule has 0 unspecified atom stereocenters. The lowest BCUT2D eigenvalue weighted by Crippen LogP contribution is -1.98. The van der Waals surface area contributed by atoms with Crippen LogP contribution in [-0.2, 0) is 0 Å². The van der Waals surface area contributed by atoms with Crippen LogP contribution in [0.3, 0.4) is 0 Å². The fourth-order valence-electron chi connectivity index (χ4n) is 0.896. The Morgan fingerprint density at radius 3 is 2.08 bits per heavy atom. The fraction of sp³-hybridized carbons (Fsp3) is 0.333. The fourth-order valence-corrected chi connectivity index (χ4v) is 0.896. The van der Waals surface area contributed by atoms with E-state index in [1.807, 2.05) is 0 Å². The molecule has 0 bridgehead atoms. The lowest BCUT2D eigenvalue weighted by molar-refractivity contribution is 0.369. The highest BCUT2D eigenvalue weighted by Gasteiger charge is 2.09. The Bertz CT molecular complexity index is 330. The molecule has 0 saturated heterocycles. The van der Waals surface area contributed by atoms with Crippen LogP contribution in [0, 0.1) is 11.8 Å². The molecule has 0 radical (unpaired) electrons. The minimum Gasteiger partial charge on any atom is -0.480 e. The van der Waals surface area contributed by atoms with Crippen LogP contribution in [-0.4, -0.2) is 24.2 Å². The van der Waals surface area contributed by atoms with Crippen LogP contribution in [0.1, 0.15) is 12.5 Å². The highest BCUT2D eigenvalue weighted by atomic mass is 16.5. The summed E-state index contributed by atoms with van der Waals surface area (Å²) in [5.74, 6) is 6.43. The molecule has 4 heteroatoms. The Labute approximate surface area is 76.9 Å². The van der Waals surface area contributed by atoms with Crippen LogP contribution in [0.4, 0.5) is 0 Å². The Balaban J connectivity index is 3.26. The van der Waals surface area contributed by atoms with Crippen LogP contribution in [0.25, 0.3) is 0 Å². The Morgan fingerprint density at radius 2 is 1.69 bits per heavy atom. The lowest BCUT2D eigenvalue weighted by atomic mass is 10.3. The van der Waals surface area contributed by atoms with Gasteiger partial charge >= 0.3 is 0 Å². The molecule has 0 aliphatic heterocycles. The van der Waals surface area contributed by atoms with Crippen molar-refractivity contribution in [3.63, 3.8) is 0 Å². The molecular weight excluding hydrogens is 168 g/mol. The van der Waals surface area contributed by atoms with E-state index in [-0.39, 0.29) is 0 Å². The number of rotatable bonds is 2. The molecule has 0 saturated carbocycles. The van der Waals surface area contributed by atoms with Gasteiger partial charge in [0.2, 0.25) is 11.8 Å². The molecule has 1 aromatic heterocycles. The predicted octanol–water partition coefficient (Wildman–Crippen LogP) is 0.865. The van der Waals surface area contributed by atoms with Crippen LogP contribution in [0.5, 0.6) is 11.8 Å². The van der Waals surface area contributed by atoms with Gasteiger partial charge in [0.15, 0.2) is 0 Å². The van der Waals surface area contributed by atoms with Crippen molar-refractivity contribution in [2.24, 2.45) is 0 Å². The quantitative estimate of drug-likeness (QED) is 0.630. The van der Waals surface area contributed by atoms with E-state index < -0.39 is 0 Å². The molecule has 0 N–H and O–H groups in total. The maximum absolute atomic E-state index is 5.01. The van der Waals surface area contributed by atoms with Gasteiger partial charge in [0.1, 0.15) is 11.9 Å². The third kappa shape index (κ3) is 1.88. The zero-order chi connectivity index (χ0) is 9.68. The Kier molecular flexibility index (Phi) is 3.09. The van der Waals surface area contributed by atoms with Crippen molar-refractivity contribution in [3.8, 4) is 23.6 Å². The van der Waals surface area contributed by atoms with Gasteiger partial charge in [-0.2, -0.15) is 0 Å². The Morgan fingerprint density at radius 1 is 1.15 bits per heavy atom. The molecule has 68 valence electrons. The summed E-state index contributed by atoms with van der Waals surface area (Å²) in [5.41, 5.74) is 0.579. The van der Waals surface area contributed by atoms with Crippen LogP contribution < -0.4 is 9.47 Å². The van der Waals surface area contributed by atoms with Crippen molar-refractivity contribution in [2.75, 3.05) is 14.2 Å². The van der Waals surface area contributed by atoms with Crippen molar-refractivity contribution in [1.29, 1.82) is 0 Å². The normalized spacial score (nSPS) is 8.54. The second-order valence-electron chi connectivity index (χ2n) is 2.14. The summed E-state index contributed by atoms with van der Waals surface area (Å²) < 4.78 is 10.0. The smallest absolute Gasteiger partial charge is 0.236 e. The predicted molar refractivity (Wildman–Crippen MR) is 47.7 cm³/mol. The van der Waals surface area contributed by atoms with Gasteiger partial charge < -0.3 is 9.47 Å². The average Bonchev–Trinajstić information content (AvgIpc) is 2.18. The summed E-state index contributed by atoms with van der Waals surface area (Å²) in [4.78, 5) is 7.82. The van der Waals surface area contributed by atoms with Gasteiger partial charge in [-0.3, -0.25) is 0 Å². The largest absolute Gasteiger partial charge is 0.480 e. The summed E-state index contributed by atoms with van der Waals surface area (Å²) in [6.07, 6.45) is 1.37. The van der Waals surface area contributed by atoms with Crippen molar-refractivity contribution in [1.82, 2.24) is 9.97 Å². The maximum atomic E-state index is 5.01. The van der Waals surface area contributed by atoms with Gasteiger partial charge in [0.05, 0.1) is 14.2 Å². The first-order chi connectivity index (χ1) is 6.33. The monoisotopic (exact) mass is 178 g/mol. The van der Waals surface area contributed by atoms with E-state index in [0.29, 0.717) is 17.3 Å². The second kappa shape index (κ2) is 4.31. The van der Waals surface area contributed by atoms with E-state index in [9.17, 15) is 0 Å². The highest BCUT2D eigenvalue weighted by molar-refractivity contribution is 5.48. The first kappa shape index (κ1) is 9.33. The molecule has 0 amide bonds. The van der Waals surface area contributed by atoms with Crippen LogP contribution in [0.2, 0.25) is 0 Å². The Hall–Kier alpha value is -1.76. The van der Waals surface area contributed by atoms with E-state index >= 15 is 0 Å². The van der Waals surface area contributed by atoms with E-state index in [4.69, 9.17) is 9.47 Å². The summed E-state index contributed by atoms with van der Waals surface area (Å²) in [5, 5.41) is 0. The average molecular weight is 178 g/mol. The number of nitrogens with zero attached hydrogens (tertiary/aromatic N) is 2. The third-order valence-electron chi connectivity index (χ3n) is 1.41. The van der Waals surface area contributed by atoms with Crippen molar-refractivity contribution < 1.29 is 9.47 Å². The molecular formula is C9H10N2O2. The van der Waals surface area contributed by atoms with Crippen molar-refractivity contribution in [3.05, 3.63) is 11.9 Å². The molecule has 1 rings (SSSR count). The van der Waals surface area contributed by atoms with Crippen LogP contribution >= 0.6 is 0 Å². The molecule has 0 spiro atoms. The molecule has 1 aromatic rings. The highest BCUT2D eigenvalue weighted by Crippen LogP contribution is 2.21. The SMILES string of the molecule is CC#Cc1c(OC)ncnc1OC. The molecule has 0 aliphatic rings. The number of methoxy groups -OCH3 is 2. The van der Waals surface area contributed by atoms with E-state index in [0.717, 1.165) is 0 Å². The zero-order valence-electron chi connectivity index (χ0n) is 7.79. The van der Waals surface area contributed by atoms with Gasteiger partial charge in [-0.25, -0.2) is 9.97 Å². The first-order valence-electron chi connectivity index (χ1n) is 3.69. The first-order valence-corrected chi connectivity index (χ1v) is 3.69. The van der Waals surface area contributed by atoms with E-state index in [1.165, 1.54) is 20.5 Å². The number of hydrogen-bond donors (Lipinski definition) is 0. The summed E-state index contributed by atoms with van der Waals surface area (Å²) in [6, 6.07) is 0. The molecule has 0 aliphatic carbocycles. The second-order valence-corrected chi connectivity index (χ2v) is 2.14. The van der Waals surface area contributed by atoms with Gasteiger partial charge in [0.25, 0.3) is 0 Å². The molecule has 0 fully saturated rings. The summed E-state index contributed by atoms with van der Waals surface area (Å²) >= 11 is 0. The van der Waals surface area contributed by atoms with Gasteiger partial charge in [-0.15, -0.1) is 5.92 Å². The van der Waals surface area contributed by atoms with Gasteiger partial charge in [0, 0.05) is 0 Å². The minimum atomic E-state index is 0.432. The van der Waals surface area contributed by atoms with Gasteiger partial charge in [-0.1, -0.05) is 5.92 Å². The number of ether oxygens (including phenoxy) is 2. The third-order valence-corrected chi connectivity index (χ3v) is 1.41. The van der Waals surface area contributed by atoms with Crippen molar-refractivity contribution >= 4 is 0 Å². The number of hydrogen-bond acceptors (Lipinski definition) is 4.